The van der Waals surface area contributed by atoms with Gasteiger partial charge in [-0.3, -0.25) is 0 Å². The highest BCUT2D eigenvalue weighted by Gasteiger charge is 2.09. The van der Waals surface area contributed by atoms with Crippen LogP contribution in [0, 0.1) is 6.92 Å². The van der Waals surface area contributed by atoms with Gasteiger partial charge in [0.15, 0.2) is 0 Å². The number of anilines is 3. The molecule has 0 aliphatic heterocycles. The molecule has 0 fully saturated rings. The quantitative estimate of drug-likeness (QED) is 0.365. The van der Waals surface area contributed by atoms with Gasteiger partial charge in [-0.2, -0.15) is 5.11 Å². The molecular weight excluding hydrogens is 360 g/mol. The topological polar surface area (TPSA) is 72.0 Å². The smallest absolute Gasteiger partial charge is 0.124 e. The third-order valence-electron chi connectivity index (χ3n) is 3.88. The number of nitrogens with zero attached hydrogens (tertiary/aromatic N) is 2. The van der Waals surface area contributed by atoms with Crippen LogP contribution in [-0.4, -0.2) is 6.61 Å². The van der Waals surface area contributed by atoms with Gasteiger partial charge in [-0.15, -0.1) is 5.11 Å². The van der Waals surface area contributed by atoms with E-state index < -0.39 is 0 Å². The van der Waals surface area contributed by atoms with Gasteiger partial charge in [0.25, 0.3) is 0 Å². The Balaban J connectivity index is 1.95. The number of azo groups is 1. The average Bonchev–Trinajstić information content (AvgIpc) is 2.66. The molecule has 0 aliphatic carbocycles. The zero-order chi connectivity index (χ0) is 19.2. The Hall–Kier alpha value is -3.05. The molecule has 3 rings (SSSR count). The van der Waals surface area contributed by atoms with Gasteiger partial charge in [-0.05, 0) is 74.0 Å². The predicted octanol–water partition coefficient (Wildman–Crippen LogP) is 6.79. The van der Waals surface area contributed by atoms with Gasteiger partial charge in [0.05, 0.1) is 18.0 Å². The normalized spacial score (nSPS) is 10.9. The van der Waals surface area contributed by atoms with Gasteiger partial charge in [0, 0.05) is 22.5 Å². The standard InChI is InChI=1S/C21H21ClN4O/c1-3-27-21-13-19(24-17-8-4-15(22)5-9-17)20(12-14(21)2)26-25-18-10-6-16(23)7-11-18/h4-13,24H,3,23H2,1-2H3. The van der Waals surface area contributed by atoms with Gasteiger partial charge in [-0.25, -0.2) is 0 Å². The first-order valence-electron chi connectivity index (χ1n) is 8.62. The molecule has 0 heterocycles. The lowest BCUT2D eigenvalue weighted by Crippen LogP contribution is -1.97. The molecule has 6 heteroatoms. The molecule has 0 unspecified atom stereocenters. The number of nitrogens with one attached hydrogen (secondary N) is 1. The van der Waals surface area contributed by atoms with Crippen LogP contribution in [-0.2, 0) is 0 Å². The summed E-state index contributed by atoms with van der Waals surface area (Å²) < 4.78 is 5.72. The first kappa shape index (κ1) is 18.7. The predicted molar refractivity (Wildman–Crippen MR) is 112 cm³/mol. The van der Waals surface area contributed by atoms with Crippen LogP contribution in [0.2, 0.25) is 5.02 Å². The van der Waals surface area contributed by atoms with Crippen molar-refractivity contribution in [1.29, 1.82) is 0 Å². The van der Waals surface area contributed by atoms with E-state index in [9.17, 15) is 0 Å². The molecule has 0 saturated heterocycles. The van der Waals surface area contributed by atoms with Crippen LogP contribution in [0.5, 0.6) is 5.75 Å². The maximum Gasteiger partial charge on any atom is 0.124 e. The second-order valence-electron chi connectivity index (χ2n) is 5.99. The number of aryl methyl sites for hydroxylation is 1. The molecule has 138 valence electrons. The zero-order valence-corrected chi connectivity index (χ0v) is 16.0. The fraction of sp³-hybridized carbons (Fsp3) is 0.143. The SMILES string of the molecule is CCOc1cc(Nc2ccc(Cl)cc2)c(N=Nc2ccc(N)cc2)cc1C. The van der Waals surface area contributed by atoms with E-state index in [-0.39, 0.29) is 0 Å². The summed E-state index contributed by atoms with van der Waals surface area (Å²) in [7, 11) is 0. The van der Waals surface area contributed by atoms with E-state index >= 15 is 0 Å². The van der Waals surface area contributed by atoms with Crippen molar-refractivity contribution in [2.75, 3.05) is 17.7 Å². The van der Waals surface area contributed by atoms with Crippen molar-refractivity contribution >= 4 is 40.0 Å². The van der Waals surface area contributed by atoms with Crippen LogP contribution in [0.25, 0.3) is 0 Å². The first-order valence-corrected chi connectivity index (χ1v) is 9.00. The molecule has 0 bridgehead atoms. The number of nitrogen functional groups attached to an aromatic ring is 1. The monoisotopic (exact) mass is 380 g/mol. The Morgan fingerprint density at radius 1 is 1.00 bits per heavy atom. The molecule has 3 N–H and O–H groups in total. The van der Waals surface area contributed by atoms with Crippen LogP contribution in [0.15, 0.2) is 70.9 Å². The maximum atomic E-state index is 5.97. The van der Waals surface area contributed by atoms with Gasteiger partial charge in [0.1, 0.15) is 11.4 Å². The second-order valence-corrected chi connectivity index (χ2v) is 6.43. The van der Waals surface area contributed by atoms with Crippen molar-refractivity contribution in [3.63, 3.8) is 0 Å². The van der Waals surface area contributed by atoms with E-state index in [0.29, 0.717) is 23.0 Å². The molecule has 0 atom stereocenters. The molecule has 0 radical (unpaired) electrons. The Labute approximate surface area is 163 Å². The van der Waals surface area contributed by atoms with Gasteiger partial charge >= 0.3 is 0 Å². The number of rotatable bonds is 6. The number of ether oxygens (including phenoxy) is 1. The maximum absolute atomic E-state index is 5.97. The Morgan fingerprint density at radius 2 is 1.70 bits per heavy atom. The van der Waals surface area contributed by atoms with Crippen molar-refractivity contribution in [2.24, 2.45) is 10.2 Å². The number of hydrogen-bond acceptors (Lipinski definition) is 5. The number of hydrogen-bond donors (Lipinski definition) is 2. The third-order valence-corrected chi connectivity index (χ3v) is 4.13. The Morgan fingerprint density at radius 3 is 2.37 bits per heavy atom. The fourth-order valence-electron chi connectivity index (χ4n) is 2.51. The zero-order valence-electron chi connectivity index (χ0n) is 15.2. The molecule has 0 amide bonds. The minimum atomic E-state index is 0.591. The highest BCUT2D eigenvalue weighted by molar-refractivity contribution is 6.30. The molecule has 0 aliphatic rings. The summed E-state index contributed by atoms with van der Waals surface area (Å²) in [5.41, 5.74) is 10.5. The lowest BCUT2D eigenvalue weighted by molar-refractivity contribution is 0.338. The average molecular weight is 381 g/mol. The van der Waals surface area contributed by atoms with Crippen LogP contribution >= 0.6 is 11.6 Å². The minimum Gasteiger partial charge on any atom is -0.494 e. The van der Waals surface area contributed by atoms with E-state index in [4.69, 9.17) is 22.1 Å². The fourth-order valence-corrected chi connectivity index (χ4v) is 2.63. The van der Waals surface area contributed by atoms with Crippen molar-refractivity contribution < 1.29 is 4.74 Å². The molecular formula is C21H21ClN4O. The molecule has 0 spiro atoms. The van der Waals surface area contributed by atoms with Crippen LogP contribution < -0.4 is 15.8 Å². The highest BCUT2D eigenvalue weighted by atomic mass is 35.5. The first-order chi connectivity index (χ1) is 13.0. The molecule has 0 aromatic heterocycles. The van der Waals surface area contributed by atoms with Crippen molar-refractivity contribution in [1.82, 2.24) is 0 Å². The highest BCUT2D eigenvalue weighted by Crippen LogP contribution is 2.36. The lowest BCUT2D eigenvalue weighted by atomic mass is 10.1. The summed E-state index contributed by atoms with van der Waals surface area (Å²) in [5.74, 6) is 0.806. The lowest BCUT2D eigenvalue weighted by Gasteiger charge is -2.14. The Bertz CT molecular complexity index is 938. The summed E-state index contributed by atoms with van der Waals surface area (Å²) in [5, 5.41) is 12.8. The van der Waals surface area contributed by atoms with Gasteiger partial charge < -0.3 is 15.8 Å². The number of benzene rings is 3. The van der Waals surface area contributed by atoms with Crippen LogP contribution in [0.4, 0.5) is 28.4 Å². The van der Waals surface area contributed by atoms with Crippen molar-refractivity contribution in [3.8, 4) is 5.75 Å². The summed E-state index contributed by atoms with van der Waals surface area (Å²) in [6.45, 7) is 4.54. The Kier molecular flexibility index (Phi) is 5.94. The molecule has 3 aromatic carbocycles. The summed E-state index contributed by atoms with van der Waals surface area (Å²) in [6, 6.07) is 18.6. The molecule has 0 saturated carbocycles. The van der Waals surface area contributed by atoms with Crippen molar-refractivity contribution in [2.45, 2.75) is 13.8 Å². The van der Waals surface area contributed by atoms with E-state index in [1.165, 1.54) is 0 Å². The summed E-state index contributed by atoms with van der Waals surface area (Å²) >= 11 is 5.97. The van der Waals surface area contributed by atoms with E-state index in [2.05, 4.69) is 15.5 Å². The molecule has 5 nitrogen and oxygen atoms in total. The number of halogens is 1. The van der Waals surface area contributed by atoms with Crippen molar-refractivity contribution in [3.05, 3.63) is 71.2 Å². The van der Waals surface area contributed by atoms with E-state index in [0.717, 1.165) is 28.4 Å². The van der Waals surface area contributed by atoms with Crippen LogP contribution in [0.1, 0.15) is 12.5 Å². The second kappa shape index (κ2) is 8.56. The van der Waals surface area contributed by atoms with E-state index in [1.54, 1.807) is 12.1 Å². The van der Waals surface area contributed by atoms with E-state index in [1.807, 2.05) is 62.4 Å². The molecule has 3 aromatic rings. The van der Waals surface area contributed by atoms with Crippen LogP contribution in [0.3, 0.4) is 0 Å². The van der Waals surface area contributed by atoms with Gasteiger partial charge in [-0.1, -0.05) is 11.6 Å². The summed E-state index contributed by atoms with van der Waals surface area (Å²) in [6.07, 6.45) is 0. The third kappa shape index (κ3) is 4.99. The molecule has 27 heavy (non-hydrogen) atoms. The summed E-state index contributed by atoms with van der Waals surface area (Å²) in [4.78, 5) is 0. The van der Waals surface area contributed by atoms with Gasteiger partial charge in [0.2, 0.25) is 0 Å². The minimum absolute atomic E-state index is 0.591. The largest absolute Gasteiger partial charge is 0.494 e. The number of nitrogens with two attached hydrogens (primary N) is 1.